The average Bonchev–Trinajstić information content (AvgIpc) is 2.07. The molecule has 58 valence electrons. The predicted molar refractivity (Wildman–Crippen MR) is 45.2 cm³/mol. The van der Waals surface area contributed by atoms with E-state index in [1.165, 1.54) is 3.11 Å². The van der Waals surface area contributed by atoms with E-state index in [0.717, 1.165) is 0 Å². The maximum atomic E-state index is 11.1. The van der Waals surface area contributed by atoms with E-state index in [0.29, 0.717) is 0 Å². The molecule has 1 N–H and O–H groups in total. The smallest absolute Gasteiger partial charge is 0.236 e. The fraction of sp³-hybridized carbons (Fsp3) is 0.833. The van der Waals surface area contributed by atoms with Gasteiger partial charge in [-0.05, 0) is 0 Å². The molecular weight excluding hydrogens is 245 g/mol. The van der Waals surface area contributed by atoms with Gasteiger partial charge in [-0.1, -0.05) is 13.8 Å². The summed E-state index contributed by atoms with van der Waals surface area (Å²) in [7, 11) is 0. The first kappa shape index (κ1) is 8.26. The first-order valence-electron chi connectivity index (χ1n) is 3.22. The highest BCUT2D eigenvalue weighted by Crippen LogP contribution is 2.31. The van der Waals surface area contributed by atoms with Crippen LogP contribution in [0.4, 0.5) is 0 Å². The summed E-state index contributed by atoms with van der Waals surface area (Å²) in [5.74, 6) is 0.0527. The van der Waals surface area contributed by atoms with Gasteiger partial charge in [0.25, 0.3) is 0 Å². The van der Waals surface area contributed by atoms with E-state index in [4.69, 9.17) is 0 Å². The molecule has 4 heteroatoms. The van der Waals surface area contributed by atoms with Crippen LogP contribution in [-0.4, -0.2) is 20.4 Å². The average molecular weight is 255 g/mol. The monoisotopic (exact) mass is 255 g/mol. The molecule has 3 nitrogen and oxygen atoms in total. The molecule has 0 bridgehead atoms. The molecule has 10 heavy (non-hydrogen) atoms. The number of hydrogen-bond donors (Lipinski definition) is 1. The van der Waals surface area contributed by atoms with Crippen LogP contribution < -0.4 is 0 Å². The Kier molecular flexibility index (Phi) is 2.19. The van der Waals surface area contributed by atoms with Gasteiger partial charge in [-0.15, -0.1) is 0 Å². The van der Waals surface area contributed by atoms with Gasteiger partial charge in [0.05, 0.1) is 22.9 Å². The number of aliphatic hydroxyl groups excluding tert-OH is 1. The molecular formula is C6H10INO2. The lowest BCUT2D eigenvalue weighted by Crippen LogP contribution is -2.24. The topological polar surface area (TPSA) is 40.5 Å². The zero-order chi connectivity index (χ0) is 7.89. The van der Waals surface area contributed by atoms with Gasteiger partial charge in [0.1, 0.15) is 6.23 Å². The second kappa shape index (κ2) is 2.65. The van der Waals surface area contributed by atoms with Crippen molar-refractivity contribution < 1.29 is 9.90 Å². The second-order valence-corrected chi connectivity index (χ2v) is 3.75. The molecule has 1 amide bonds. The van der Waals surface area contributed by atoms with Crippen LogP contribution in [0.25, 0.3) is 0 Å². The highest BCUT2D eigenvalue weighted by atomic mass is 127. The third-order valence-electron chi connectivity index (χ3n) is 2.09. The maximum Gasteiger partial charge on any atom is 0.236 e. The van der Waals surface area contributed by atoms with E-state index in [-0.39, 0.29) is 17.7 Å². The first-order valence-corrected chi connectivity index (χ1v) is 4.19. The molecule has 1 fully saturated rings. The van der Waals surface area contributed by atoms with Gasteiger partial charge in [-0.25, -0.2) is 0 Å². The Bertz CT molecular complexity index is 146. The van der Waals surface area contributed by atoms with Gasteiger partial charge >= 0.3 is 0 Å². The number of carbonyl (C=O) groups is 1. The summed E-state index contributed by atoms with van der Waals surface area (Å²) < 4.78 is 1.37. The van der Waals surface area contributed by atoms with Crippen molar-refractivity contribution in [2.75, 3.05) is 0 Å². The van der Waals surface area contributed by atoms with Crippen LogP contribution in [0.2, 0.25) is 0 Å². The van der Waals surface area contributed by atoms with Crippen LogP contribution >= 0.6 is 22.9 Å². The van der Waals surface area contributed by atoms with Crippen molar-refractivity contribution in [2.45, 2.75) is 20.1 Å². The lowest BCUT2D eigenvalue weighted by atomic mass is 9.99. The quantitative estimate of drug-likeness (QED) is 0.513. The van der Waals surface area contributed by atoms with Crippen molar-refractivity contribution in [1.29, 1.82) is 0 Å². The van der Waals surface area contributed by atoms with Gasteiger partial charge < -0.3 is 5.11 Å². The third-order valence-corrected chi connectivity index (χ3v) is 3.14. The second-order valence-electron chi connectivity index (χ2n) is 2.71. The van der Waals surface area contributed by atoms with E-state index in [2.05, 4.69) is 0 Å². The van der Waals surface area contributed by atoms with Crippen molar-refractivity contribution in [2.24, 2.45) is 11.8 Å². The van der Waals surface area contributed by atoms with Crippen molar-refractivity contribution in [3.8, 4) is 0 Å². The number of halogens is 1. The minimum absolute atomic E-state index is 0.0283. The van der Waals surface area contributed by atoms with Crippen molar-refractivity contribution in [3.63, 3.8) is 0 Å². The highest BCUT2D eigenvalue weighted by Gasteiger charge is 2.40. The lowest BCUT2D eigenvalue weighted by Gasteiger charge is -2.13. The molecule has 0 spiro atoms. The lowest BCUT2D eigenvalue weighted by molar-refractivity contribution is -0.127. The number of aliphatic hydroxyl groups is 1. The summed E-state index contributed by atoms with van der Waals surface area (Å²) >= 11 is 1.85. The largest absolute Gasteiger partial charge is 0.372 e. The van der Waals surface area contributed by atoms with E-state index in [1.807, 2.05) is 36.7 Å². The summed E-state index contributed by atoms with van der Waals surface area (Å²) in [6.45, 7) is 3.72. The molecule has 0 aromatic carbocycles. The summed E-state index contributed by atoms with van der Waals surface area (Å²) in [6.07, 6.45) is -0.594. The zero-order valence-electron chi connectivity index (χ0n) is 5.91. The summed E-state index contributed by atoms with van der Waals surface area (Å²) in [6, 6.07) is 0. The number of hydrogen-bond acceptors (Lipinski definition) is 2. The van der Waals surface area contributed by atoms with Crippen LogP contribution in [0.15, 0.2) is 0 Å². The Hall–Kier alpha value is 0.160. The molecule has 3 unspecified atom stereocenters. The summed E-state index contributed by atoms with van der Waals surface area (Å²) in [5, 5.41) is 9.30. The molecule has 1 heterocycles. The van der Waals surface area contributed by atoms with E-state index in [1.54, 1.807) is 0 Å². The Morgan fingerprint density at radius 1 is 1.60 bits per heavy atom. The van der Waals surface area contributed by atoms with Gasteiger partial charge in [0.15, 0.2) is 0 Å². The molecule has 0 aromatic rings. The summed E-state index contributed by atoms with van der Waals surface area (Å²) in [4.78, 5) is 11.1. The maximum absolute atomic E-state index is 11.1. The SMILES string of the molecule is CC1C(=O)N(I)C(O)C1C. The zero-order valence-corrected chi connectivity index (χ0v) is 8.07. The molecule has 0 saturated carbocycles. The molecule has 0 aromatic heterocycles. The Balaban J connectivity index is 2.78. The van der Waals surface area contributed by atoms with Gasteiger partial charge in [0, 0.05) is 11.8 Å². The van der Waals surface area contributed by atoms with Crippen molar-refractivity contribution in [1.82, 2.24) is 3.11 Å². The number of rotatable bonds is 0. The Morgan fingerprint density at radius 3 is 2.20 bits per heavy atom. The van der Waals surface area contributed by atoms with Crippen LogP contribution in [0.3, 0.4) is 0 Å². The molecule has 1 aliphatic rings. The van der Waals surface area contributed by atoms with Crippen molar-refractivity contribution in [3.05, 3.63) is 0 Å². The third kappa shape index (κ3) is 1.03. The van der Waals surface area contributed by atoms with Crippen LogP contribution in [0.1, 0.15) is 13.8 Å². The first-order chi connectivity index (χ1) is 4.55. The van der Waals surface area contributed by atoms with Gasteiger partial charge in [-0.3, -0.25) is 7.91 Å². The Morgan fingerprint density at radius 2 is 2.10 bits per heavy atom. The van der Waals surface area contributed by atoms with Crippen LogP contribution in [0.5, 0.6) is 0 Å². The number of nitrogens with zero attached hydrogens (tertiary/aromatic N) is 1. The van der Waals surface area contributed by atoms with E-state index in [9.17, 15) is 9.90 Å². The molecule has 1 aliphatic heterocycles. The van der Waals surface area contributed by atoms with Crippen molar-refractivity contribution >= 4 is 28.8 Å². The Labute approximate surface area is 73.9 Å². The molecule has 3 atom stereocenters. The molecule has 0 aliphatic carbocycles. The van der Waals surface area contributed by atoms with Gasteiger partial charge in [-0.2, -0.15) is 0 Å². The fourth-order valence-electron chi connectivity index (χ4n) is 1.01. The number of amides is 1. The van der Waals surface area contributed by atoms with Crippen LogP contribution in [0, 0.1) is 11.8 Å². The standard InChI is InChI=1S/C6H10INO2/c1-3-4(2)6(10)8(7)5(3)9/h3-5,9H,1-2H3. The molecule has 1 saturated heterocycles. The minimum atomic E-state index is -0.594. The van der Waals surface area contributed by atoms with Crippen LogP contribution in [-0.2, 0) is 4.79 Å². The summed E-state index contributed by atoms with van der Waals surface area (Å²) in [5.41, 5.74) is 0. The molecule has 1 rings (SSSR count). The minimum Gasteiger partial charge on any atom is -0.372 e. The fourth-order valence-corrected chi connectivity index (χ4v) is 1.96. The highest BCUT2D eigenvalue weighted by molar-refractivity contribution is 14.1. The van der Waals surface area contributed by atoms with E-state index >= 15 is 0 Å². The normalized spacial score (nSPS) is 41.0. The van der Waals surface area contributed by atoms with Gasteiger partial charge in [0.2, 0.25) is 5.91 Å². The molecule has 0 radical (unpaired) electrons. The van der Waals surface area contributed by atoms with E-state index < -0.39 is 6.23 Å². The predicted octanol–water partition coefficient (Wildman–Crippen LogP) is 0.769. The number of carbonyl (C=O) groups excluding carboxylic acids is 1.